The zero-order chi connectivity index (χ0) is 15.2. The number of nitro benzene ring substituents is 1. The number of rotatable bonds is 6. The maximum absolute atomic E-state index is 12.0. The fourth-order valence-corrected chi connectivity index (χ4v) is 2.18. The van der Waals surface area contributed by atoms with Crippen molar-refractivity contribution in [1.29, 1.82) is 0 Å². The minimum absolute atomic E-state index is 0.00435. The van der Waals surface area contributed by atoms with Crippen molar-refractivity contribution in [2.24, 2.45) is 0 Å². The molecule has 1 aromatic heterocycles. The van der Waals surface area contributed by atoms with Crippen molar-refractivity contribution in [1.82, 2.24) is 4.98 Å². The van der Waals surface area contributed by atoms with E-state index >= 15 is 0 Å². The number of nitrogens with one attached hydrogen (secondary N) is 1. The van der Waals surface area contributed by atoms with Gasteiger partial charge in [0.2, 0.25) is 0 Å². The van der Waals surface area contributed by atoms with Crippen molar-refractivity contribution in [2.45, 2.75) is 12.5 Å². The summed E-state index contributed by atoms with van der Waals surface area (Å²) in [5.41, 5.74) is 1.45. The fraction of sp³-hybridized carbons (Fsp3) is 0.214. The first kappa shape index (κ1) is 15.1. The number of nitro groups is 1. The van der Waals surface area contributed by atoms with Crippen molar-refractivity contribution < 1.29 is 14.5 Å². The summed E-state index contributed by atoms with van der Waals surface area (Å²) in [6.07, 6.45) is 1.73. The Balaban J connectivity index is 1.95. The van der Waals surface area contributed by atoms with Gasteiger partial charge in [0.1, 0.15) is 12.5 Å². The van der Waals surface area contributed by atoms with E-state index in [-0.39, 0.29) is 18.3 Å². The maximum atomic E-state index is 12.0. The first-order valence-electron chi connectivity index (χ1n) is 6.26. The number of carbonyl (C=O) groups is 1. The Hall–Kier alpha value is -2.28. The molecule has 0 aliphatic rings. The molecule has 0 bridgehead atoms. The standard InChI is InChI=1S/C14H14N2O4S/c17-14(12(9-21)13-2-1-7-15-13)20-8-10-3-5-11(6-4-10)16(18)19/h1-7,12,15,21H,8-9H2. The van der Waals surface area contributed by atoms with Crippen LogP contribution >= 0.6 is 12.6 Å². The number of hydrogen-bond acceptors (Lipinski definition) is 5. The first-order valence-corrected chi connectivity index (χ1v) is 6.89. The quantitative estimate of drug-likeness (QED) is 0.372. The monoisotopic (exact) mass is 306 g/mol. The Morgan fingerprint density at radius 1 is 1.33 bits per heavy atom. The van der Waals surface area contributed by atoms with Crippen molar-refractivity contribution in [3.63, 3.8) is 0 Å². The van der Waals surface area contributed by atoms with Gasteiger partial charge in [0.05, 0.1) is 4.92 Å². The van der Waals surface area contributed by atoms with Gasteiger partial charge in [0, 0.05) is 29.8 Å². The molecule has 0 radical (unpaired) electrons. The fourth-order valence-electron chi connectivity index (χ4n) is 1.83. The van der Waals surface area contributed by atoms with E-state index in [1.165, 1.54) is 12.1 Å². The van der Waals surface area contributed by atoms with Gasteiger partial charge in [-0.15, -0.1) is 0 Å². The number of ether oxygens (including phenoxy) is 1. The van der Waals surface area contributed by atoms with Crippen molar-refractivity contribution in [3.05, 3.63) is 64.0 Å². The highest BCUT2D eigenvalue weighted by atomic mass is 32.1. The molecule has 0 fully saturated rings. The second-order valence-corrected chi connectivity index (χ2v) is 4.76. The summed E-state index contributed by atoms with van der Waals surface area (Å²) >= 11 is 4.16. The normalized spacial score (nSPS) is 11.9. The molecule has 2 aromatic rings. The summed E-state index contributed by atoms with van der Waals surface area (Å²) in [5.74, 6) is -0.508. The lowest BCUT2D eigenvalue weighted by atomic mass is 10.1. The Morgan fingerprint density at radius 3 is 2.57 bits per heavy atom. The summed E-state index contributed by atoms with van der Waals surface area (Å²) in [4.78, 5) is 25.1. The maximum Gasteiger partial charge on any atom is 0.316 e. The molecular weight excluding hydrogens is 292 g/mol. The molecule has 7 heteroatoms. The van der Waals surface area contributed by atoms with Gasteiger partial charge in [0.25, 0.3) is 5.69 Å². The zero-order valence-electron chi connectivity index (χ0n) is 11.1. The third-order valence-corrected chi connectivity index (χ3v) is 3.36. The summed E-state index contributed by atoms with van der Waals surface area (Å²) in [6, 6.07) is 9.49. The molecule has 21 heavy (non-hydrogen) atoms. The molecule has 0 saturated carbocycles. The topological polar surface area (TPSA) is 85.2 Å². The van der Waals surface area contributed by atoms with Crippen molar-refractivity contribution in [3.8, 4) is 0 Å². The molecule has 2 rings (SSSR count). The second-order valence-electron chi connectivity index (χ2n) is 4.39. The van der Waals surface area contributed by atoms with Crippen LogP contribution < -0.4 is 0 Å². The Labute approximate surface area is 126 Å². The van der Waals surface area contributed by atoms with Crippen LogP contribution in [0.5, 0.6) is 0 Å². The highest BCUT2D eigenvalue weighted by Gasteiger charge is 2.21. The van der Waals surface area contributed by atoms with Crippen LogP contribution in [0.1, 0.15) is 17.2 Å². The van der Waals surface area contributed by atoms with E-state index in [4.69, 9.17) is 4.74 Å². The van der Waals surface area contributed by atoms with Crippen LogP contribution in [-0.2, 0) is 16.1 Å². The predicted molar refractivity (Wildman–Crippen MR) is 80.3 cm³/mol. The van der Waals surface area contributed by atoms with Gasteiger partial charge in [-0.3, -0.25) is 14.9 Å². The van der Waals surface area contributed by atoms with Crippen molar-refractivity contribution >= 4 is 24.3 Å². The van der Waals surface area contributed by atoms with E-state index in [1.807, 2.05) is 0 Å². The number of hydrogen-bond donors (Lipinski definition) is 2. The predicted octanol–water partition coefficient (Wildman–Crippen LogP) is 2.68. The number of benzene rings is 1. The Kier molecular flexibility index (Phi) is 4.99. The minimum Gasteiger partial charge on any atom is -0.460 e. The van der Waals surface area contributed by atoms with Crippen molar-refractivity contribution in [2.75, 3.05) is 5.75 Å². The van der Waals surface area contributed by atoms with E-state index < -0.39 is 10.8 Å². The molecule has 0 spiro atoms. The van der Waals surface area contributed by atoms with Gasteiger partial charge >= 0.3 is 5.97 Å². The van der Waals surface area contributed by atoms with Crippen LogP contribution in [-0.4, -0.2) is 21.6 Å². The summed E-state index contributed by atoms with van der Waals surface area (Å²) in [6.45, 7) is 0.0712. The van der Waals surface area contributed by atoms with Gasteiger partial charge in [-0.2, -0.15) is 12.6 Å². The third-order valence-electron chi connectivity index (χ3n) is 2.99. The molecule has 0 aliphatic heterocycles. The van der Waals surface area contributed by atoms with E-state index in [0.717, 1.165) is 5.69 Å². The third kappa shape index (κ3) is 3.85. The number of carbonyl (C=O) groups excluding carboxylic acids is 1. The van der Waals surface area contributed by atoms with Crippen LogP contribution in [0.3, 0.4) is 0 Å². The van der Waals surface area contributed by atoms with Crippen LogP contribution in [0.15, 0.2) is 42.6 Å². The molecule has 1 unspecified atom stereocenters. The zero-order valence-corrected chi connectivity index (χ0v) is 12.0. The van der Waals surface area contributed by atoms with Gasteiger partial charge < -0.3 is 9.72 Å². The number of esters is 1. The first-order chi connectivity index (χ1) is 10.1. The molecular formula is C14H14N2O4S. The lowest BCUT2D eigenvalue weighted by molar-refractivity contribution is -0.384. The molecule has 0 saturated heterocycles. The highest BCUT2D eigenvalue weighted by Crippen LogP contribution is 2.18. The molecule has 1 N–H and O–H groups in total. The molecule has 110 valence electrons. The van der Waals surface area contributed by atoms with E-state index in [1.54, 1.807) is 30.5 Å². The lowest BCUT2D eigenvalue weighted by Gasteiger charge is -2.12. The summed E-state index contributed by atoms with van der Waals surface area (Å²) in [5, 5.41) is 10.5. The smallest absolute Gasteiger partial charge is 0.316 e. The van der Waals surface area contributed by atoms with E-state index in [0.29, 0.717) is 11.3 Å². The summed E-state index contributed by atoms with van der Waals surface area (Å²) < 4.78 is 5.23. The highest BCUT2D eigenvalue weighted by molar-refractivity contribution is 7.80. The molecule has 1 aromatic carbocycles. The average molecular weight is 306 g/mol. The van der Waals surface area contributed by atoms with Crippen LogP contribution in [0.25, 0.3) is 0 Å². The molecule has 0 amide bonds. The SMILES string of the molecule is O=C(OCc1ccc([N+](=O)[O-])cc1)C(CS)c1ccc[nH]1. The largest absolute Gasteiger partial charge is 0.460 e. The van der Waals surface area contributed by atoms with Crippen LogP contribution in [0.4, 0.5) is 5.69 Å². The molecule has 0 aliphatic carbocycles. The Bertz CT molecular complexity index is 610. The minimum atomic E-state index is -0.474. The number of H-pyrrole nitrogens is 1. The number of aromatic amines is 1. The van der Waals surface area contributed by atoms with Gasteiger partial charge in [0.15, 0.2) is 0 Å². The molecule has 1 atom stereocenters. The second kappa shape index (κ2) is 6.94. The van der Waals surface area contributed by atoms with Crippen LogP contribution in [0.2, 0.25) is 0 Å². The Morgan fingerprint density at radius 2 is 2.05 bits per heavy atom. The van der Waals surface area contributed by atoms with Crippen LogP contribution in [0, 0.1) is 10.1 Å². The van der Waals surface area contributed by atoms with Gasteiger partial charge in [-0.25, -0.2) is 0 Å². The van der Waals surface area contributed by atoms with Gasteiger partial charge in [-0.05, 0) is 29.8 Å². The van der Waals surface area contributed by atoms with Gasteiger partial charge in [-0.1, -0.05) is 0 Å². The number of thiol groups is 1. The average Bonchev–Trinajstić information content (AvgIpc) is 3.00. The van der Waals surface area contributed by atoms with E-state index in [9.17, 15) is 14.9 Å². The summed E-state index contributed by atoms with van der Waals surface area (Å²) in [7, 11) is 0. The number of nitrogens with zero attached hydrogens (tertiary/aromatic N) is 1. The number of non-ortho nitro benzene ring substituents is 1. The van der Waals surface area contributed by atoms with E-state index in [2.05, 4.69) is 17.6 Å². The molecule has 1 heterocycles. The lowest BCUT2D eigenvalue weighted by Crippen LogP contribution is -2.17. The number of aromatic nitrogens is 1. The molecule has 6 nitrogen and oxygen atoms in total.